The van der Waals surface area contributed by atoms with Crippen LogP contribution in [0, 0.1) is 0 Å². The Morgan fingerprint density at radius 2 is 1.82 bits per heavy atom. The third-order valence-corrected chi connectivity index (χ3v) is 3.64. The van der Waals surface area contributed by atoms with Crippen LogP contribution in [0.25, 0.3) is 0 Å². The average Bonchev–Trinajstić information content (AvgIpc) is 2.46. The first kappa shape index (κ1) is 16.8. The summed E-state index contributed by atoms with van der Waals surface area (Å²) in [6.45, 7) is 3.99. The van der Waals surface area contributed by atoms with E-state index in [4.69, 9.17) is 0 Å². The second-order valence-electron chi connectivity index (χ2n) is 5.49. The number of hydrogen-bond donors (Lipinski definition) is 1. The SMILES string of the molecule is C[C@@H](O)CN1CCN(C(=O)c2ccccc2C(F)(F)F)CC1. The van der Waals surface area contributed by atoms with Crippen molar-refractivity contribution in [1.82, 2.24) is 9.80 Å². The molecule has 1 aliphatic heterocycles. The molecule has 1 aromatic rings. The molecule has 4 nitrogen and oxygen atoms in total. The van der Waals surface area contributed by atoms with Crippen molar-refractivity contribution in [3.8, 4) is 0 Å². The fourth-order valence-corrected chi connectivity index (χ4v) is 2.59. The fourth-order valence-electron chi connectivity index (χ4n) is 2.59. The predicted molar refractivity (Wildman–Crippen MR) is 75.5 cm³/mol. The van der Waals surface area contributed by atoms with Gasteiger partial charge in [0.15, 0.2) is 0 Å². The summed E-state index contributed by atoms with van der Waals surface area (Å²) in [5.74, 6) is -0.593. The van der Waals surface area contributed by atoms with E-state index in [0.717, 1.165) is 6.07 Å². The summed E-state index contributed by atoms with van der Waals surface area (Å²) in [5.41, 5.74) is -1.20. The smallest absolute Gasteiger partial charge is 0.392 e. The summed E-state index contributed by atoms with van der Waals surface area (Å²) < 4.78 is 38.9. The van der Waals surface area contributed by atoms with Gasteiger partial charge in [-0.15, -0.1) is 0 Å². The van der Waals surface area contributed by atoms with Crippen molar-refractivity contribution in [2.24, 2.45) is 0 Å². The van der Waals surface area contributed by atoms with Crippen LogP contribution in [0.2, 0.25) is 0 Å². The van der Waals surface area contributed by atoms with E-state index in [1.54, 1.807) is 6.92 Å². The number of nitrogens with zero attached hydrogens (tertiary/aromatic N) is 2. The van der Waals surface area contributed by atoms with E-state index in [1.807, 2.05) is 4.90 Å². The minimum Gasteiger partial charge on any atom is -0.392 e. The monoisotopic (exact) mass is 316 g/mol. The van der Waals surface area contributed by atoms with Gasteiger partial charge < -0.3 is 10.0 Å². The highest BCUT2D eigenvalue weighted by molar-refractivity contribution is 5.96. The Morgan fingerprint density at radius 1 is 1.23 bits per heavy atom. The fraction of sp³-hybridized carbons (Fsp3) is 0.533. The van der Waals surface area contributed by atoms with Crippen molar-refractivity contribution in [1.29, 1.82) is 0 Å². The van der Waals surface area contributed by atoms with Gasteiger partial charge in [0.1, 0.15) is 0 Å². The molecule has 1 aromatic carbocycles. The molecule has 0 aromatic heterocycles. The van der Waals surface area contributed by atoms with Crippen LogP contribution in [-0.2, 0) is 6.18 Å². The maximum absolute atomic E-state index is 13.0. The van der Waals surface area contributed by atoms with E-state index in [0.29, 0.717) is 32.7 Å². The number of piperazine rings is 1. The van der Waals surface area contributed by atoms with Gasteiger partial charge in [-0.1, -0.05) is 12.1 Å². The normalized spacial score (nSPS) is 18.3. The van der Waals surface area contributed by atoms with Crippen LogP contribution < -0.4 is 0 Å². The summed E-state index contributed by atoms with van der Waals surface area (Å²) in [6.07, 6.45) is -5.01. The molecule has 1 aliphatic rings. The number of β-amino-alcohol motifs (C(OH)–C–C–N with tert-alkyl or cyclic N) is 1. The van der Waals surface area contributed by atoms with E-state index in [9.17, 15) is 23.1 Å². The molecule has 122 valence electrons. The van der Waals surface area contributed by atoms with Gasteiger partial charge in [0.2, 0.25) is 0 Å². The highest BCUT2D eigenvalue weighted by Crippen LogP contribution is 2.32. The lowest BCUT2D eigenvalue weighted by atomic mass is 10.1. The van der Waals surface area contributed by atoms with E-state index >= 15 is 0 Å². The van der Waals surface area contributed by atoms with Crippen LogP contribution in [0.15, 0.2) is 24.3 Å². The third-order valence-electron chi connectivity index (χ3n) is 3.64. The van der Waals surface area contributed by atoms with Gasteiger partial charge in [0, 0.05) is 32.7 Å². The molecule has 1 saturated heterocycles. The summed E-state index contributed by atoms with van der Waals surface area (Å²) in [6, 6.07) is 4.86. The topological polar surface area (TPSA) is 43.8 Å². The summed E-state index contributed by atoms with van der Waals surface area (Å²) in [5, 5.41) is 9.34. The molecule has 0 radical (unpaired) electrons. The molecule has 0 spiro atoms. The molecule has 0 aliphatic carbocycles. The molecule has 0 unspecified atom stereocenters. The standard InChI is InChI=1S/C15H19F3N2O2/c1-11(21)10-19-6-8-20(9-7-19)14(22)12-4-2-3-5-13(12)15(16,17)18/h2-5,11,21H,6-10H2,1H3/t11-/m1/s1. The lowest BCUT2D eigenvalue weighted by Gasteiger charge is -2.35. The first-order valence-electron chi connectivity index (χ1n) is 7.15. The van der Waals surface area contributed by atoms with Crippen LogP contribution in [0.3, 0.4) is 0 Å². The Balaban J connectivity index is 2.08. The van der Waals surface area contributed by atoms with Crippen molar-refractivity contribution >= 4 is 5.91 Å². The molecule has 1 amide bonds. The van der Waals surface area contributed by atoms with E-state index in [1.165, 1.54) is 23.1 Å². The Morgan fingerprint density at radius 3 is 2.36 bits per heavy atom. The molecule has 22 heavy (non-hydrogen) atoms. The lowest BCUT2D eigenvalue weighted by Crippen LogP contribution is -2.50. The molecule has 1 fully saturated rings. The van der Waals surface area contributed by atoms with Gasteiger partial charge in [-0.3, -0.25) is 9.69 Å². The van der Waals surface area contributed by atoms with Gasteiger partial charge in [0.25, 0.3) is 5.91 Å². The van der Waals surface area contributed by atoms with Crippen LogP contribution >= 0.6 is 0 Å². The minimum absolute atomic E-state index is 0.307. The van der Waals surface area contributed by atoms with Crippen LogP contribution in [-0.4, -0.2) is 59.6 Å². The molecule has 0 bridgehead atoms. The zero-order chi connectivity index (χ0) is 16.3. The minimum atomic E-state index is -4.54. The average molecular weight is 316 g/mol. The van der Waals surface area contributed by atoms with Crippen molar-refractivity contribution in [2.75, 3.05) is 32.7 Å². The lowest BCUT2D eigenvalue weighted by molar-refractivity contribution is -0.138. The number of alkyl halides is 3. The van der Waals surface area contributed by atoms with Crippen LogP contribution in [0.1, 0.15) is 22.8 Å². The van der Waals surface area contributed by atoms with E-state index in [2.05, 4.69) is 0 Å². The second kappa shape index (κ2) is 6.66. The predicted octanol–water partition coefficient (Wildman–Crippen LogP) is 1.84. The highest BCUT2D eigenvalue weighted by Gasteiger charge is 2.36. The number of carbonyl (C=O) groups excluding carboxylic acids is 1. The zero-order valence-corrected chi connectivity index (χ0v) is 12.3. The molecular weight excluding hydrogens is 297 g/mol. The number of benzene rings is 1. The highest BCUT2D eigenvalue weighted by atomic mass is 19.4. The number of aliphatic hydroxyl groups excluding tert-OH is 1. The summed E-state index contributed by atoms with van der Waals surface area (Å²) >= 11 is 0. The van der Waals surface area contributed by atoms with Crippen LogP contribution in [0.4, 0.5) is 13.2 Å². The molecule has 1 atom stereocenters. The Bertz CT molecular complexity index is 524. The second-order valence-corrected chi connectivity index (χ2v) is 5.49. The Hall–Kier alpha value is -1.60. The first-order chi connectivity index (χ1) is 10.3. The van der Waals surface area contributed by atoms with Crippen LogP contribution in [0.5, 0.6) is 0 Å². The first-order valence-corrected chi connectivity index (χ1v) is 7.15. The van der Waals surface area contributed by atoms with Crippen molar-refractivity contribution in [3.63, 3.8) is 0 Å². The number of halogens is 3. The van der Waals surface area contributed by atoms with Gasteiger partial charge in [0.05, 0.1) is 17.2 Å². The molecule has 2 rings (SSSR count). The maximum Gasteiger partial charge on any atom is 0.417 e. The number of rotatable bonds is 3. The Labute approximate surface area is 127 Å². The number of carbonyl (C=O) groups is 1. The quantitative estimate of drug-likeness (QED) is 0.925. The maximum atomic E-state index is 13.0. The van der Waals surface area contributed by atoms with Gasteiger partial charge in [-0.25, -0.2) is 0 Å². The molecule has 0 saturated carbocycles. The van der Waals surface area contributed by atoms with E-state index < -0.39 is 23.8 Å². The summed E-state index contributed by atoms with van der Waals surface area (Å²) in [7, 11) is 0. The van der Waals surface area contributed by atoms with Crippen molar-refractivity contribution in [3.05, 3.63) is 35.4 Å². The molecular formula is C15H19F3N2O2. The summed E-state index contributed by atoms with van der Waals surface area (Å²) in [4.78, 5) is 15.8. The van der Waals surface area contributed by atoms with Gasteiger partial charge in [-0.05, 0) is 19.1 Å². The molecule has 7 heteroatoms. The van der Waals surface area contributed by atoms with Gasteiger partial charge in [-0.2, -0.15) is 13.2 Å². The zero-order valence-electron chi connectivity index (χ0n) is 12.3. The molecule has 1 heterocycles. The van der Waals surface area contributed by atoms with Crippen molar-refractivity contribution in [2.45, 2.75) is 19.2 Å². The Kier molecular flexibility index (Phi) is 5.08. The number of amides is 1. The van der Waals surface area contributed by atoms with Crippen molar-refractivity contribution < 1.29 is 23.1 Å². The van der Waals surface area contributed by atoms with Gasteiger partial charge >= 0.3 is 6.18 Å². The number of hydrogen-bond acceptors (Lipinski definition) is 3. The van der Waals surface area contributed by atoms with E-state index in [-0.39, 0.29) is 5.56 Å². The molecule has 1 N–H and O–H groups in total. The third kappa shape index (κ3) is 3.98. The largest absolute Gasteiger partial charge is 0.417 e. The number of aliphatic hydroxyl groups is 1.